The third kappa shape index (κ3) is 3.76. The monoisotopic (exact) mass is 330 g/mol. The molecular weight excluding hydrogens is 308 g/mol. The summed E-state index contributed by atoms with van der Waals surface area (Å²) in [6.07, 6.45) is 6.57. The standard InChI is InChI=1S/C18H22N2O4/c21-15(16-6-4-10-24-16)12-14-5-2-1-3-9-20(14)18(23)13-7-8-19-17(22)11-13/h4,6-8,10-11,14-15,21H,1-3,5,9,12H2,(H,19,22). The molecule has 1 aliphatic rings. The number of carbonyl (C=O) groups is 1. The van der Waals surface area contributed by atoms with Crippen LogP contribution in [0.25, 0.3) is 0 Å². The van der Waals surface area contributed by atoms with Crippen LogP contribution in [0, 0.1) is 0 Å². The normalized spacial score (nSPS) is 19.7. The van der Waals surface area contributed by atoms with Gasteiger partial charge in [0.2, 0.25) is 5.56 Å². The predicted molar refractivity (Wildman–Crippen MR) is 88.6 cm³/mol. The molecule has 0 bridgehead atoms. The number of aliphatic hydroxyl groups excluding tert-OH is 1. The number of nitrogens with zero attached hydrogens (tertiary/aromatic N) is 1. The van der Waals surface area contributed by atoms with Crippen LogP contribution in [0.1, 0.15) is 54.3 Å². The maximum atomic E-state index is 12.9. The fourth-order valence-corrected chi connectivity index (χ4v) is 3.29. The number of aromatic amines is 1. The highest BCUT2D eigenvalue weighted by molar-refractivity contribution is 5.94. The minimum absolute atomic E-state index is 0.0700. The van der Waals surface area contributed by atoms with E-state index in [4.69, 9.17) is 4.42 Å². The van der Waals surface area contributed by atoms with E-state index in [1.165, 1.54) is 18.5 Å². The first-order chi connectivity index (χ1) is 11.6. The zero-order valence-corrected chi connectivity index (χ0v) is 13.5. The predicted octanol–water partition coefficient (Wildman–Crippen LogP) is 2.48. The van der Waals surface area contributed by atoms with Crippen molar-refractivity contribution in [3.63, 3.8) is 0 Å². The zero-order chi connectivity index (χ0) is 16.9. The molecule has 1 aliphatic heterocycles. The Kier molecular flexibility index (Phi) is 5.15. The van der Waals surface area contributed by atoms with E-state index in [0.29, 0.717) is 24.3 Å². The molecule has 6 heteroatoms. The smallest absolute Gasteiger partial charge is 0.254 e. The third-order valence-corrected chi connectivity index (χ3v) is 4.53. The lowest BCUT2D eigenvalue weighted by molar-refractivity contribution is 0.0557. The van der Waals surface area contributed by atoms with E-state index in [0.717, 1.165) is 25.7 Å². The molecule has 2 aromatic heterocycles. The maximum absolute atomic E-state index is 12.9. The number of pyridine rings is 1. The summed E-state index contributed by atoms with van der Waals surface area (Å²) in [7, 11) is 0. The SMILES string of the molecule is O=C(c1cc[nH]c(=O)c1)N1CCCCCC1CC(O)c1ccco1. The molecule has 2 aromatic rings. The number of furan rings is 1. The quantitative estimate of drug-likeness (QED) is 0.901. The molecule has 3 rings (SSSR count). The number of aromatic nitrogens is 1. The van der Waals surface area contributed by atoms with Gasteiger partial charge in [0.15, 0.2) is 0 Å². The average Bonchev–Trinajstić information content (AvgIpc) is 3.02. The number of hydrogen-bond donors (Lipinski definition) is 2. The molecule has 1 saturated heterocycles. The summed E-state index contributed by atoms with van der Waals surface area (Å²) in [6, 6.07) is 6.36. The summed E-state index contributed by atoms with van der Waals surface area (Å²) in [5.41, 5.74) is 0.0981. The number of carbonyl (C=O) groups excluding carboxylic acids is 1. The summed E-state index contributed by atoms with van der Waals surface area (Å²) in [4.78, 5) is 28.7. The van der Waals surface area contributed by atoms with Crippen LogP contribution in [0.15, 0.2) is 45.9 Å². The van der Waals surface area contributed by atoms with Crippen molar-refractivity contribution in [3.8, 4) is 0 Å². The van der Waals surface area contributed by atoms with Gasteiger partial charge in [0.05, 0.1) is 6.26 Å². The molecule has 1 fully saturated rings. The van der Waals surface area contributed by atoms with Gasteiger partial charge < -0.3 is 19.4 Å². The van der Waals surface area contributed by atoms with E-state index in [1.807, 2.05) is 0 Å². The van der Waals surface area contributed by atoms with Crippen LogP contribution in [0.5, 0.6) is 0 Å². The van der Waals surface area contributed by atoms with Crippen molar-refractivity contribution in [1.82, 2.24) is 9.88 Å². The Balaban J connectivity index is 1.79. The molecule has 0 spiro atoms. The highest BCUT2D eigenvalue weighted by Crippen LogP contribution is 2.27. The first-order valence-electron chi connectivity index (χ1n) is 8.36. The lowest BCUT2D eigenvalue weighted by Gasteiger charge is -2.31. The fourth-order valence-electron chi connectivity index (χ4n) is 3.29. The van der Waals surface area contributed by atoms with E-state index in [-0.39, 0.29) is 17.5 Å². The van der Waals surface area contributed by atoms with Crippen molar-refractivity contribution in [1.29, 1.82) is 0 Å². The number of nitrogens with one attached hydrogen (secondary N) is 1. The van der Waals surface area contributed by atoms with Crippen molar-refractivity contribution in [2.24, 2.45) is 0 Å². The van der Waals surface area contributed by atoms with Crippen LogP contribution >= 0.6 is 0 Å². The molecular formula is C18H22N2O4. The van der Waals surface area contributed by atoms with Crippen LogP contribution in [0.3, 0.4) is 0 Å². The van der Waals surface area contributed by atoms with Gasteiger partial charge in [-0.3, -0.25) is 9.59 Å². The average molecular weight is 330 g/mol. The van der Waals surface area contributed by atoms with Gasteiger partial charge in [-0.25, -0.2) is 0 Å². The summed E-state index contributed by atoms with van der Waals surface area (Å²) < 4.78 is 5.27. The molecule has 2 unspecified atom stereocenters. The van der Waals surface area contributed by atoms with E-state index in [2.05, 4.69) is 4.98 Å². The van der Waals surface area contributed by atoms with Crippen molar-refractivity contribution >= 4 is 5.91 Å². The molecule has 2 atom stereocenters. The molecule has 24 heavy (non-hydrogen) atoms. The van der Waals surface area contributed by atoms with E-state index in [9.17, 15) is 14.7 Å². The van der Waals surface area contributed by atoms with Crippen molar-refractivity contribution in [2.75, 3.05) is 6.54 Å². The van der Waals surface area contributed by atoms with Gasteiger partial charge in [-0.05, 0) is 31.0 Å². The van der Waals surface area contributed by atoms with Crippen LogP contribution in [0.2, 0.25) is 0 Å². The van der Waals surface area contributed by atoms with Crippen LogP contribution < -0.4 is 5.56 Å². The van der Waals surface area contributed by atoms with Gasteiger partial charge in [0, 0.05) is 36.8 Å². The highest BCUT2D eigenvalue weighted by Gasteiger charge is 2.29. The van der Waals surface area contributed by atoms with E-state index in [1.54, 1.807) is 23.1 Å². The third-order valence-electron chi connectivity index (χ3n) is 4.53. The van der Waals surface area contributed by atoms with Crippen LogP contribution in [-0.2, 0) is 0 Å². The van der Waals surface area contributed by atoms with E-state index < -0.39 is 6.10 Å². The number of aliphatic hydroxyl groups is 1. The minimum Gasteiger partial charge on any atom is -0.467 e. The zero-order valence-electron chi connectivity index (χ0n) is 13.5. The van der Waals surface area contributed by atoms with E-state index >= 15 is 0 Å². The number of hydrogen-bond acceptors (Lipinski definition) is 4. The molecule has 0 aliphatic carbocycles. The Labute approximate surface area is 140 Å². The summed E-state index contributed by atoms with van der Waals surface area (Å²) >= 11 is 0. The molecule has 0 saturated carbocycles. The molecule has 128 valence electrons. The molecule has 1 amide bonds. The summed E-state index contributed by atoms with van der Waals surface area (Å²) in [6.45, 7) is 0.640. The van der Waals surface area contributed by atoms with Gasteiger partial charge in [0.1, 0.15) is 11.9 Å². The van der Waals surface area contributed by atoms with Crippen molar-refractivity contribution in [3.05, 3.63) is 58.4 Å². The number of likely N-dealkylation sites (tertiary alicyclic amines) is 1. The highest BCUT2D eigenvalue weighted by atomic mass is 16.4. The van der Waals surface area contributed by atoms with Crippen LogP contribution in [0.4, 0.5) is 0 Å². The lowest BCUT2D eigenvalue weighted by atomic mass is 10.0. The van der Waals surface area contributed by atoms with Gasteiger partial charge in [-0.1, -0.05) is 12.8 Å². The molecule has 2 N–H and O–H groups in total. The van der Waals surface area contributed by atoms with Crippen molar-refractivity contribution in [2.45, 2.75) is 44.2 Å². The Morgan fingerprint density at radius 2 is 2.25 bits per heavy atom. The maximum Gasteiger partial charge on any atom is 0.254 e. The molecule has 3 heterocycles. The van der Waals surface area contributed by atoms with Crippen molar-refractivity contribution < 1.29 is 14.3 Å². The topological polar surface area (TPSA) is 86.5 Å². The Bertz CT molecular complexity index is 723. The first kappa shape index (κ1) is 16.5. The van der Waals surface area contributed by atoms with Crippen LogP contribution in [-0.4, -0.2) is 33.5 Å². The summed E-state index contributed by atoms with van der Waals surface area (Å²) in [5.74, 6) is 0.363. The summed E-state index contributed by atoms with van der Waals surface area (Å²) in [5, 5.41) is 10.4. The number of amides is 1. The second kappa shape index (κ2) is 7.49. The Hall–Kier alpha value is -2.34. The second-order valence-electron chi connectivity index (χ2n) is 6.21. The minimum atomic E-state index is -0.738. The lowest BCUT2D eigenvalue weighted by Crippen LogP contribution is -2.41. The Morgan fingerprint density at radius 3 is 3.00 bits per heavy atom. The first-order valence-corrected chi connectivity index (χ1v) is 8.36. The van der Waals surface area contributed by atoms with Gasteiger partial charge >= 0.3 is 0 Å². The number of rotatable bonds is 4. The van der Waals surface area contributed by atoms with Gasteiger partial charge in [-0.15, -0.1) is 0 Å². The number of H-pyrrole nitrogens is 1. The van der Waals surface area contributed by atoms with Gasteiger partial charge in [0.25, 0.3) is 5.91 Å². The molecule has 6 nitrogen and oxygen atoms in total. The fraction of sp³-hybridized carbons (Fsp3) is 0.444. The second-order valence-corrected chi connectivity index (χ2v) is 6.21. The van der Waals surface area contributed by atoms with Gasteiger partial charge in [-0.2, -0.15) is 0 Å². The Morgan fingerprint density at radius 1 is 1.38 bits per heavy atom. The largest absolute Gasteiger partial charge is 0.467 e. The molecule has 0 radical (unpaired) electrons. The molecule has 0 aromatic carbocycles.